The smallest absolute Gasteiger partial charge is 0.259 e. The van der Waals surface area contributed by atoms with Crippen LogP contribution in [0.4, 0.5) is 0 Å². The van der Waals surface area contributed by atoms with Crippen molar-refractivity contribution in [1.82, 2.24) is 14.9 Å². The van der Waals surface area contributed by atoms with Crippen LogP contribution in [-0.2, 0) is 23.4 Å². The second-order valence-corrected chi connectivity index (χ2v) is 10.0. The first-order valence-electron chi connectivity index (χ1n) is 10.6. The van der Waals surface area contributed by atoms with Crippen molar-refractivity contribution in [2.24, 2.45) is 0 Å². The zero-order valence-electron chi connectivity index (χ0n) is 16.4. The molecule has 1 N–H and O–H groups in total. The maximum atomic E-state index is 12.6. The Balaban J connectivity index is 1.32. The lowest BCUT2D eigenvalue weighted by molar-refractivity contribution is -0.131. The van der Waals surface area contributed by atoms with Gasteiger partial charge in [0.2, 0.25) is 5.91 Å². The average Bonchev–Trinajstić information content (AvgIpc) is 3.03. The molecular weight excluding hydrogens is 390 g/mol. The van der Waals surface area contributed by atoms with Gasteiger partial charge in [0.05, 0.1) is 11.1 Å². The van der Waals surface area contributed by atoms with Gasteiger partial charge in [0.15, 0.2) is 0 Å². The van der Waals surface area contributed by atoms with Gasteiger partial charge in [-0.1, -0.05) is 19.3 Å². The largest absolute Gasteiger partial charge is 0.343 e. The predicted molar refractivity (Wildman–Crippen MR) is 117 cm³/mol. The fourth-order valence-corrected chi connectivity index (χ4v) is 6.33. The second-order valence-electron chi connectivity index (χ2n) is 7.85. The normalized spacial score (nSPS) is 17.9. The number of nitrogens with zero attached hydrogens (tertiary/aromatic N) is 2. The molecule has 2 aromatic rings. The van der Waals surface area contributed by atoms with Gasteiger partial charge in [-0.15, -0.1) is 11.3 Å². The number of thioether (sulfide) groups is 1. The summed E-state index contributed by atoms with van der Waals surface area (Å²) in [6.45, 7) is 1.83. The van der Waals surface area contributed by atoms with Crippen LogP contribution < -0.4 is 5.56 Å². The van der Waals surface area contributed by atoms with Crippen molar-refractivity contribution in [1.29, 1.82) is 0 Å². The standard InChI is InChI=1S/C21H29N3O2S2/c25-18(24-11-6-2-1-3-7-12-24)10-13-27-14-17-22-20(26)19-15-8-4-5-9-16(15)28-21(19)23-17/h1-14H2,(H,22,23,26). The van der Waals surface area contributed by atoms with E-state index >= 15 is 0 Å². The molecule has 3 heterocycles. The minimum atomic E-state index is 0.0108. The van der Waals surface area contributed by atoms with E-state index in [1.165, 1.54) is 42.5 Å². The van der Waals surface area contributed by atoms with Crippen LogP contribution in [0.3, 0.4) is 0 Å². The number of fused-ring (bicyclic) bond motifs is 3. The number of nitrogens with one attached hydrogen (secondary N) is 1. The van der Waals surface area contributed by atoms with Crippen molar-refractivity contribution in [2.75, 3.05) is 18.8 Å². The van der Waals surface area contributed by atoms with Gasteiger partial charge in [-0.05, 0) is 44.1 Å². The Kier molecular flexibility index (Phi) is 6.73. The monoisotopic (exact) mass is 419 g/mol. The molecule has 0 spiro atoms. The van der Waals surface area contributed by atoms with Crippen LogP contribution in [0.2, 0.25) is 0 Å². The van der Waals surface area contributed by atoms with Gasteiger partial charge < -0.3 is 9.88 Å². The topological polar surface area (TPSA) is 66.1 Å². The quantitative estimate of drug-likeness (QED) is 0.735. The molecule has 2 aromatic heterocycles. The molecule has 1 fully saturated rings. The number of aromatic amines is 1. The molecule has 0 atom stereocenters. The molecule has 28 heavy (non-hydrogen) atoms. The Labute approximate surface area is 174 Å². The SMILES string of the molecule is O=C(CCSCc1nc2sc3c(c2c(=O)[nH]1)CCCC3)N1CCCCCCC1. The molecule has 152 valence electrons. The first-order valence-corrected chi connectivity index (χ1v) is 12.6. The van der Waals surface area contributed by atoms with Crippen molar-refractivity contribution in [2.45, 2.75) is 70.0 Å². The molecule has 1 amide bonds. The van der Waals surface area contributed by atoms with Gasteiger partial charge in [0.1, 0.15) is 10.7 Å². The Morgan fingerprint density at radius 3 is 2.64 bits per heavy atom. The van der Waals surface area contributed by atoms with Crippen LogP contribution in [0.5, 0.6) is 0 Å². The van der Waals surface area contributed by atoms with Crippen LogP contribution in [0.25, 0.3) is 10.2 Å². The number of H-pyrrole nitrogens is 1. The first-order chi connectivity index (χ1) is 13.7. The Hall–Kier alpha value is -1.34. The molecular formula is C21H29N3O2S2. The molecule has 1 aliphatic carbocycles. The fraction of sp³-hybridized carbons (Fsp3) is 0.667. The van der Waals surface area contributed by atoms with Gasteiger partial charge in [-0.3, -0.25) is 9.59 Å². The minimum Gasteiger partial charge on any atom is -0.343 e. The summed E-state index contributed by atoms with van der Waals surface area (Å²) >= 11 is 3.38. The lowest BCUT2D eigenvalue weighted by Gasteiger charge is -2.24. The summed E-state index contributed by atoms with van der Waals surface area (Å²) in [4.78, 5) is 37.0. The highest BCUT2D eigenvalue weighted by Crippen LogP contribution is 2.33. The third-order valence-electron chi connectivity index (χ3n) is 5.78. The van der Waals surface area contributed by atoms with Crippen LogP contribution in [0.1, 0.15) is 67.6 Å². The summed E-state index contributed by atoms with van der Waals surface area (Å²) in [7, 11) is 0. The highest BCUT2D eigenvalue weighted by atomic mass is 32.2. The molecule has 0 bridgehead atoms. The third kappa shape index (κ3) is 4.62. The molecule has 5 nitrogen and oxygen atoms in total. The number of thiophene rings is 1. The molecule has 0 radical (unpaired) electrons. The zero-order valence-corrected chi connectivity index (χ0v) is 18.1. The van der Waals surface area contributed by atoms with Crippen molar-refractivity contribution >= 4 is 39.2 Å². The van der Waals surface area contributed by atoms with Gasteiger partial charge in [0, 0.05) is 30.1 Å². The number of aryl methyl sites for hydroxylation is 2. The number of carbonyl (C=O) groups is 1. The van der Waals surface area contributed by atoms with Gasteiger partial charge in [-0.2, -0.15) is 11.8 Å². The van der Waals surface area contributed by atoms with Crippen molar-refractivity contribution in [3.8, 4) is 0 Å². The molecule has 1 aliphatic heterocycles. The van der Waals surface area contributed by atoms with Crippen LogP contribution in [-0.4, -0.2) is 39.6 Å². The molecule has 0 unspecified atom stereocenters. The molecule has 4 rings (SSSR count). The summed E-state index contributed by atoms with van der Waals surface area (Å²) in [5, 5.41) is 0.820. The second kappa shape index (κ2) is 9.44. The van der Waals surface area contributed by atoms with Crippen molar-refractivity contribution in [3.05, 3.63) is 26.6 Å². The highest BCUT2D eigenvalue weighted by Gasteiger charge is 2.20. The number of carbonyl (C=O) groups excluding carboxylic acids is 1. The van der Waals surface area contributed by atoms with Gasteiger partial charge in [-0.25, -0.2) is 4.98 Å². The summed E-state index contributed by atoms with van der Waals surface area (Å²) in [5.74, 6) is 2.44. The maximum absolute atomic E-state index is 12.6. The molecule has 2 aliphatic rings. The molecule has 0 saturated carbocycles. The van der Waals surface area contributed by atoms with Gasteiger partial charge in [0.25, 0.3) is 5.56 Å². The number of likely N-dealkylation sites (tertiary alicyclic amines) is 1. The number of aromatic nitrogens is 2. The Morgan fingerprint density at radius 1 is 1.07 bits per heavy atom. The minimum absolute atomic E-state index is 0.0108. The Bertz CT molecular complexity index is 882. The summed E-state index contributed by atoms with van der Waals surface area (Å²) < 4.78 is 0. The van der Waals surface area contributed by atoms with E-state index in [0.717, 1.165) is 60.6 Å². The van der Waals surface area contributed by atoms with Gasteiger partial charge >= 0.3 is 0 Å². The Morgan fingerprint density at radius 2 is 1.82 bits per heavy atom. The number of hydrogen-bond acceptors (Lipinski definition) is 5. The lowest BCUT2D eigenvalue weighted by Crippen LogP contribution is -2.33. The zero-order chi connectivity index (χ0) is 19.3. The van der Waals surface area contributed by atoms with E-state index in [4.69, 9.17) is 4.98 Å². The third-order valence-corrected chi connectivity index (χ3v) is 7.94. The van der Waals surface area contributed by atoms with E-state index < -0.39 is 0 Å². The van der Waals surface area contributed by atoms with Crippen LogP contribution in [0.15, 0.2) is 4.79 Å². The molecule has 7 heteroatoms. The van der Waals surface area contributed by atoms with E-state index in [1.807, 2.05) is 4.90 Å². The van der Waals surface area contributed by atoms with E-state index in [0.29, 0.717) is 12.2 Å². The van der Waals surface area contributed by atoms with Crippen LogP contribution >= 0.6 is 23.1 Å². The van der Waals surface area contributed by atoms with E-state index in [9.17, 15) is 9.59 Å². The van der Waals surface area contributed by atoms with Crippen molar-refractivity contribution in [3.63, 3.8) is 0 Å². The maximum Gasteiger partial charge on any atom is 0.259 e. The average molecular weight is 420 g/mol. The van der Waals surface area contributed by atoms with Crippen LogP contribution in [0, 0.1) is 0 Å². The lowest BCUT2D eigenvalue weighted by atomic mass is 9.97. The van der Waals surface area contributed by atoms with Crippen molar-refractivity contribution < 1.29 is 4.79 Å². The highest BCUT2D eigenvalue weighted by molar-refractivity contribution is 7.98. The number of rotatable bonds is 5. The predicted octanol–water partition coefficient (Wildman–Crippen LogP) is 4.28. The van der Waals surface area contributed by atoms with E-state index in [2.05, 4.69) is 4.98 Å². The number of amides is 1. The van der Waals surface area contributed by atoms with E-state index in [1.54, 1.807) is 23.1 Å². The fourth-order valence-electron chi connectivity index (χ4n) is 4.26. The van der Waals surface area contributed by atoms with E-state index in [-0.39, 0.29) is 11.5 Å². The summed E-state index contributed by atoms with van der Waals surface area (Å²) in [6, 6.07) is 0. The summed E-state index contributed by atoms with van der Waals surface area (Å²) in [6.07, 6.45) is 11.1. The summed E-state index contributed by atoms with van der Waals surface area (Å²) in [5.41, 5.74) is 1.25. The molecule has 0 aromatic carbocycles. The molecule has 1 saturated heterocycles. The number of hydrogen-bond donors (Lipinski definition) is 1. The first kappa shape index (κ1) is 20.0.